The molecule has 1 amide bonds. The molecular weight excluding hydrogens is 388 g/mol. The van der Waals surface area contributed by atoms with Crippen LogP contribution < -0.4 is 15.4 Å². The lowest BCUT2D eigenvalue weighted by molar-refractivity contribution is -0.129. The maximum absolute atomic E-state index is 13.1. The summed E-state index contributed by atoms with van der Waals surface area (Å²) in [6, 6.07) is 16.0. The quantitative estimate of drug-likeness (QED) is 0.796. The van der Waals surface area contributed by atoms with Crippen LogP contribution >= 0.6 is 0 Å². The van der Waals surface area contributed by atoms with Crippen LogP contribution in [-0.4, -0.2) is 47.9 Å². The van der Waals surface area contributed by atoms with Crippen LogP contribution in [0.3, 0.4) is 0 Å². The van der Waals surface area contributed by atoms with E-state index in [0.717, 1.165) is 35.8 Å². The van der Waals surface area contributed by atoms with E-state index in [9.17, 15) is 4.79 Å². The summed E-state index contributed by atoms with van der Waals surface area (Å²) in [7, 11) is 1.65. The molecule has 2 heterocycles. The third kappa shape index (κ3) is 4.74. The molecule has 0 aliphatic carbocycles. The average Bonchev–Trinajstić information content (AvgIpc) is 3.12. The van der Waals surface area contributed by atoms with Gasteiger partial charge in [-0.1, -0.05) is 30.3 Å². The molecule has 0 bridgehead atoms. The zero-order chi connectivity index (χ0) is 22.1. The van der Waals surface area contributed by atoms with Crippen molar-refractivity contribution in [2.75, 3.05) is 25.5 Å². The number of hydrogen-bond donors (Lipinski definition) is 2. The first kappa shape index (κ1) is 21.4. The molecule has 2 aromatic rings. The normalized spacial score (nSPS) is 22.2. The number of methoxy groups -OCH3 is 1. The first-order chi connectivity index (χ1) is 14.8. The fourth-order valence-electron chi connectivity index (χ4n) is 4.25. The van der Waals surface area contributed by atoms with Crippen molar-refractivity contribution < 1.29 is 9.53 Å². The highest BCUT2D eigenvalue weighted by Gasteiger charge is 2.45. The van der Waals surface area contributed by atoms with Gasteiger partial charge in [0.2, 0.25) is 5.91 Å². The lowest BCUT2D eigenvalue weighted by Gasteiger charge is -2.32. The second-order valence-electron chi connectivity index (χ2n) is 9.44. The summed E-state index contributed by atoms with van der Waals surface area (Å²) in [4.78, 5) is 20.1. The number of para-hydroxylation sites is 1. The van der Waals surface area contributed by atoms with Crippen LogP contribution in [0.25, 0.3) is 0 Å². The molecule has 6 nitrogen and oxygen atoms in total. The zero-order valence-corrected chi connectivity index (χ0v) is 18.9. The maximum atomic E-state index is 13.1. The number of carbonyl (C=O) groups is 1. The van der Waals surface area contributed by atoms with Crippen LogP contribution in [-0.2, 0) is 17.8 Å². The van der Waals surface area contributed by atoms with Gasteiger partial charge in [0.25, 0.3) is 0 Å². The van der Waals surface area contributed by atoms with Crippen molar-refractivity contribution in [2.24, 2.45) is 4.99 Å². The van der Waals surface area contributed by atoms with Crippen LogP contribution in [0.15, 0.2) is 53.5 Å². The fraction of sp³-hybridized carbons (Fsp3) is 0.440. The van der Waals surface area contributed by atoms with Gasteiger partial charge in [0.15, 0.2) is 0 Å². The Morgan fingerprint density at radius 3 is 2.61 bits per heavy atom. The van der Waals surface area contributed by atoms with E-state index in [1.165, 1.54) is 5.56 Å². The molecule has 2 aromatic carbocycles. The number of likely N-dealkylation sites (tertiary alicyclic amines) is 1. The van der Waals surface area contributed by atoms with E-state index in [1.54, 1.807) is 7.11 Å². The van der Waals surface area contributed by atoms with Crippen LogP contribution in [0.5, 0.6) is 5.75 Å². The van der Waals surface area contributed by atoms with E-state index in [2.05, 4.69) is 49.6 Å². The minimum atomic E-state index is -0.373. The third-order valence-electron chi connectivity index (χ3n) is 5.92. The molecule has 0 radical (unpaired) electrons. The Morgan fingerprint density at radius 1 is 1.16 bits per heavy atom. The van der Waals surface area contributed by atoms with Gasteiger partial charge in [-0.2, -0.15) is 0 Å². The van der Waals surface area contributed by atoms with Crippen molar-refractivity contribution >= 4 is 17.4 Å². The van der Waals surface area contributed by atoms with Gasteiger partial charge in [-0.3, -0.25) is 15.1 Å². The summed E-state index contributed by atoms with van der Waals surface area (Å²) >= 11 is 0. The van der Waals surface area contributed by atoms with Crippen molar-refractivity contribution in [1.29, 1.82) is 0 Å². The minimum Gasteiger partial charge on any atom is -0.497 e. The number of hydrogen-bond acceptors (Lipinski definition) is 4. The van der Waals surface area contributed by atoms with Gasteiger partial charge < -0.3 is 15.0 Å². The Morgan fingerprint density at radius 2 is 1.90 bits per heavy atom. The van der Waals surface area contributed by atoms with Crippen molar-refractivity contribution in [2.45, 2.75) is 51.2 Å². The predicted octanol–water partition coefficient (Wildman–Crippen LogP) is 3.62. The van der Waals surface area contributed by atoms with E-state index in [0.29, 0.717) is 19.5 Å². The van der Waals surface area contributed by atoms with Gasteiger partial charge in [0, 0.05) is 25.3 Å². The molecule has 2 aliphatic rings. The number of benzene rings is 2. The molecule has 0 unspecified atom stereocenters. The highest BCUT2D eigenvalue weighted by Crippen LogP contribution is 2.31. The summed E-state index contributed by atoms with van der Waals surface area (Å²) in [6.45, 7) is 8.38. The number of amides is 1. The topological polar surface area (TPSA) is 66.0 Å². The van der Waals surface area contributed by atoms with Crippen LogP contribution in [0.2, 0.25) is 0 Å². The summed E-state index contributed by atoms with van der Waals surface area (Å²) in [6.07, 6.45) is 1.22. The Balaban J connectivity index is 1.55. The molecule has 1 fully saturated rings. The number of anilines is 1. The molecule has 2 N–H and O–H groups in total. The third-order valence-corrected chi connectivity index (χ3v) is 5.92. The van der Waals surface area contributed by atoms with Crippen molar-refractivity contribution in [3.63, 3.8) is 0 Å². The van der Waals surface area contributed by atoms with E-state index < -0.39 is 0 Å². The second-order valence-corrected chi connectivity index (χ2v) is 9.44. The van der Waals surface area contributed by atoms with Gasteiger partial charge in [0.05, 0.1) is 24.6 Å². The zero-order valence-electron chi connectivity index (χ0n) is 18.9. The molecule has 31 heavy (non-hydrogen) atoms. The van der Waals surface area contributed by atoms with Gasteiger partial charge in [-0.25, -0.2) is 0 Å². The number of carbonyl (C=O) groups excluding carboxylic acids is 1. The number of amidine groups is 1. The maximum Gasteiger partial charge on any atom is 0.227 e. The Labute approximate surface area is 184 Å². The van der Waals surface area contributed by atoms with E-state index in [1.807, 2.05) is 35.2 Å². The molecule has 1 saturated heterocycles. The van der Waals surface area contributed by atoms with Gasteiger partial charge in [-0.15, -0.1) is 0 Å². The first-order valence-electron chi connectivity index (χ1n) is 10.9. The molecule has 1 atom stereocenters. The Bertz CT molecular complexity index is 978. The van der Waals surface area contributed by atoms with E-state index in [4.69, 9.17) is 9.73 Å². The molecule has 0 aromatic heterocycles. The first-order valence-corrected chi connectivity index (χ1v) is 10.9. The van der Waals surface area contributed by atoms with E-state index in [-0.39, 0.29) is 17.0 Å². The van der Waals surface area contributed by atoms with Crippen molar-refractivity contribution in [1.82, 2.24) is 10.2 Å². The van der Waals surface area contributed by atoms with Gasteiger partial charge >= 0.3 is 0 Å². The number of rotatable bonds is 3. The molecule has 2 aliphatic heterocycles. The summed E-state index contributed by atoms with van der Waals surface area (Å²) in [5.74, 6) is 1.86. The largest absolute Gasteiger partial charge is 0.497 e. The number of nitrogens with one attached hydrogen (secondary N) is 2. The van der Waals surface area contributed by atoms with Gasteiger partial charge in [0.1, 0.15) is 11.6 Å². The lowest BCUT2D eigenvalue weighted by Crippen LogP contribution is -2.56. The average molecular weight is 421 g/mol. The number of fused-ring (bicyclic) bond motifs is 1. The van der Waals surface area contributed by atoms with E-state index >= 15 is 0 Å². The summed E-state index contributed by atoms with van der Waals surface area (Å²) in [5, 5.41) is 7.35. The summed E-state index contributed by atoms with van der Waals surface area (Å²) in [5.41, 5.74) is 2.69. The molecule has 4 rings (SSSR count). The molecule has 0 saturated carbocycles. The number of aliphatic imine (C=N–C) groups is 1. The SMILES string of the molecule is COc1ccc(CC(=O)N2CC[C@]3(C2)NCc2ccccc2NC3=NC(C)(C)C)cc1. The molecular formula is C25H32N4O2. The van der Waals surface area contributed by atoms with Crippen LogP contribution in [0, 0.1) is 0 Å². The number of nitrogens with zero attached hydrogens (tertiary/aromatic N) is 2. The highest BCUT2D eigenvalue weighted by atomic mass is 16.5. The van der Waals surface area contributed by atoms with Crippen LogP contribution in [0.4, 0.5) is 5.69 Å². The van der Waals surface area contributed by atoms with Gasteiger partial charge in [-0.05, 0) is 56.5 Å². The van der Waals surface area contributed by atoms with Crippen molar-refractivity contribution in [3.8, 4) is 5.75 Å². The van der Waals surface area contributed by atoms with Crippen LogP contribution in [0.1, 0.15) is 38.3 Å². The molecule has 1 spiro atoms. The monoisotopic (exact) mass is 420 g/mol. The number of ether oxygens (including phenoxy) is 1. The smallest absolute Gasteiger partial charge is 0.227 e. The Hall–Kier alpha value is -2.86. The Kier molecular flexibility index (Phi) is 5.75. The highest BCUT2D eigenvalue weighted by molar-refractivity contribution is 6.04. The minimum absolute atomic E-state index is 0.140. The van der Waals surface area contributed by atoms with Crippen molar-refractivity contribution in [3.05, 3.63) is 59.7 Å². The molecule has 6 heteroatoms. The standard InChI is InChI=1S/C25H32N4O2/c1-24(2,3)28-23-25(26-16-19-7-5-6-8-21(19)27-23)13-14-29(17-25)22(30)15-18-9-11-20(31-4)12-10-18/h5-12,26H,13-17H2,1-4H3,(H,27,28)/t25-/m1/s1. The molecule has 164 valence electrons. The fourth-order valence-corrected chi connectivity index (χ4v) is 4.25. The second kappa shape index (κ2) is 8.35. The predicted molar refractivity (Wildman–Crippen MR) is 125 cm³/mol. The summed E-state index contributed by atoms with van der Waals surface area (Å²) < 4.78 is 5.22. The lowest BCUT2D eigenvalue weighted by atomic mass is 9.95.